The first-order valence-corrected chi connectivity index (χ1v) is 6.94. The van der Waals surface area contributed by atoms with Gasteiger partial charge in [-0.3, -0.25) is 10.1 Å². The van der Waals surface area contributed by atoms with Gasteiger partial charge >= 0.3 is 5.69 Å². The molecule has 0 aliphatic heterocycles. The third-order valence-electron chi connectivity index (χ3n) is 3.55. The van der Waals surface area contributed by atoms with E-state index in [1.54, 1.807) is 11.6 Å². The van der Waals surface area contributed by atoms with Crippen LogP contribution in [0.5, 0.6) is 0 Å². The molecule has 0 bridgehead atoms. The molecule has 0 spiro atoms. The Kier molecular flexibility index (Phi) is 2.87. The molecule has 1 aliphatic carbocycles. The number of nitro groups is 1. The van der Waals surface area contributed by atoms with E-state index in [4.69, 9.17) is 0 Å². The average Bonchev–Trinajstić information content (AvgIpc) is 2.80. The molecule has 2 aromatic rings. The smallest absolute Gasteiger partial charge is 0.319 e. The number of nitro benzene ring substituents is 1. The minimum absolute atomic E-state index is 0.0123. The Labute approximate surface area is 113 Å². The fraction of sp³-hybridized carbons (Fsp3) is 0.417. The van der Waals surface area contributed by atoms with E-state index in [2.05, 4.69) is 10.3 Å². The first-order valence-electron chi connectivity index (χ1n) is 6.06. The lowest BCUT2D eigenvalue weighted by atomic mass is 9.80. The van der Waals surface area contributed by atoms with Gasteiger partial charge in [0.2, 0.25) is 0 Å². The quantitative estimate of drug-likeness (QED) is 0.663. The summed E-state index contributed by atoms with van der Waals surface area (Å²) >= 11 is 1.37. The zero-order chi connectivity index (χ0) is 13.5. The standard InChI is InChI=1S/C12H13N3O3S/c16-12(4-1-5-12)6-13-8-2-3-9-10(14-7-19-9)11(8)15(17)18/h2-3,7,13,16H,1,4-6H2. The first kappa shape index (κ1) is 12.3. The Bertz CT molecular complexity index is 636. The predicted octanol–water partition coefficient (Wildman–Crippen LogP) is 2.53. The summed E-state index contributed by atoms with van der Waals surface area (Å²) < 4.78 is 0.791. The number of rotatable bonds is 4. The molecule has 1 aliphatic rings. The summed E-state index contributed by atoms with van der Waals surface area (Å²) in [6, 6.07) is 3.49. The molecule has 100 valence electrons. The summed E-state index contributed by atoms with van der Waals surface area (Å²) in [5, 5.41) is 24.2. The van der Waals surface area contributed by atoms with Gasteiger partial charge in [-0.2, -0.15) is 0 Å². The van der Waals surface area contributed by atoms with Crippen molar-refractivity contribution < 1.29 is 10.0 Å². The summed E-state index contributed by atoms with van der Waals surface area (Å²) in [5.41, 5.74) is 1.69. The van der Waals surface area contributed by atoms with Gasteiger partial charge in [-0.15, -0.1) is 11.3 Å². The maximum absolute atomic E-state index is 11.2. The van der Waals surface area contributed by atoms with Crippen LogP contribution in [0.2, 0.25) is 0 Å². The molecule has 1 aromatic heterocycles. The van der Waals surface area contributed by atoms with Crippen LogP contribution in [0, 0.1) is 10.1 Å². The van der Waals surface area contributed by atoms with Crippen molar-refractivity contribution in [2.45, 2.75) is 24.9 Å². The number of benzene rings is 1. The molecule has 3 rings (SSSR count). The molecular weight excluding hydrogens is 266 g/mol. The van der Waals surface area contributed by atoms with Gasteiger partial charge in [0, 0.05) is 6.54 Å². The summed E-state index contributed by atoms with van der Waals surface area (Å²) in [7, 11) is 0. The highest BCUT2D eigenvalue weighted by Gasteiger charge is 2.34. The first-order chi connectivity index (χ1) is 9.09. The maximum Gasteiger partial charge on any atom is 0.319 e. The zero-order valence-electron chi connectivity index (χ0n) is 10.1. The monoisotopic (exact) mass is 279 g/mol. The number of nitrogens with zero attached hydrogens (tertiary/aromatic N) is 2. The molecule has 7 heteroatoms. The van der Waals surface area contributed by atoms with Gasteiger partial charge in [0.15, 0.2) is 5.52 Å². The van der Waals surface area contributed by atoms with Crippen molar-refractivity contribution in [2.75, 3.05) is 11.9 Å². The van der Waals surface area contributed by atoms with E-state index in [1.165, 1.54) is 11.3 Å². The highest BCUT2D eigenvalue weighted by Crippen LogP contribution is 2.36. The fourth-order valence-corrected chi connectivity index (χ4v) is 2.95. The van der Waals surface area contributed by atoms with E-state index in [0.717, 1.165) is 24.0 Å². The molecule has 19 heavy (non-hydrogen) atoms. The van der Waals surface area contributed by atoms with Crippen LogP contribution in [0.4, 0.5) is 11.4 Å². The van der Waals surface area contributed by atoms with Gasteiger partial charge < -0.3 is 10.4 Å². The van der Waals surface area contributed by atoms with Gasteiger partial charge in [0.1, 0.15) is 5.69 Å². The van der Waals surface area contributed by atoms with Crippen LogP contribution in [0.3, 0.4) is 0 Å². The lowest BCUT2D eigenvalue weighted by molar-refractivity contribution is -0.382. The molecule has 1 aromatic carbocycles. The molecular formula is C12H13N3O3S. The molecule has 0 radical (unpaired) electrons. The summed E-state index contributed by atoms with van der Waals surface area (Å²) in [6.07, 6.45) is 2.49. The second kappa shape index (κ2) is 4.43. The Morgan fingerprint density at radius 1 is 1.53 bits per heavy atom. The van der Waals surface area contributed by atoms with Crippen molar-refractivity contribution in [3.8, 4) is 0 Å². The normalized spacial score (nSPS) is 17.1. The lowest BCUT2D eigenvalue weighted by Gasteiger charge is -2.36. The minimum Gasteiger partial charge on any atom is -0.388 e. The van der Waals surface area contributed by atoms with E-state index < -0.39 is 10.5 Å². The van der Waals surface area contributed by atoms with Crippen LogP contribution >= 0.6 is 11.3 Å². The zero-order valence-corrected chi connectivity index (χ0v) is 10.9. The summed E-state index contributed by atoms with van der Waals surface area (Å²) in [4.78, 5) is 14.8. The molecule has 1 saturated carbocycles. The third kappa shape index (κ3) is 2.15. The van der Waals surface area contributed by atoms with Gasteiger partial charge in [0.25, 0.3) is 0 Å². The van der Waals surface area contributed by atoms with Crippen molar-refractivity contribution in [3.63, 3.8) is 0 Å². The van der Waals surface area contributed by atoms with Crippen LogP contribution < -0.4 is 5.32 Å². The number of aliphatic hydroxyl groups is 1. The van der Waals surface area contributed by atoms with E-state index in [0.29, 0.717) is 17.7 Å². The summed E-state index contributed by atoms with van der Waals surface area (Å²) in [5.74, 6) is 0. The Hall–Kier alpha value is -1.73. The number of aromatic nitrogens is 1. The van der Waals surface area contributed by atoms with Crippen molar-refractivity contribution in [3.05, 3.63) is 27.8 Å². The van der Waals surface area contributed by atoms with Crippen LogP contribution in [0.15, 0.2) is 17.6 Å². The minimum atomic E-state index is -0.717. The highest BCUT2D eigenvalue weighted by molar-refractivity contribution is 7.16. The van der Waals surface area contributed by atoms with Crippen LogP contribution in [-0.2, 0) is 0 Å². The molecule has 0 unspecified atom stereocenters. The number of hydrogen-bond donors (Lipinski definition) is 2. The molecule has 1 fully saturated rings. The SMILES string of the molecule is O=[N+]([O-])c1c(NCC2(O)CCC2)ccc2scnc12. The molecule has 0 amide bonds. The third-order valence-corrected chi connectivity index (χ3v) is 4.34. The van der Waals surface area contributed by atoms with Crippen LogP contribution in [0.1, 0.15) is 19.3 Å². The van der Waals surface area contributed by atoms with Crippen LogP contribution in [0.25, 0.3) is 10.2 Å². The Morgan fingerprint density at radius 3 is 2.95 bits per heavy atom. The summed E-state index contributed by atoms with van der Waals surface area (Å²) in [6.45, 7) is 0.337. The van der Waals surface area contributed by atoms with Gasteiger partial charge in [0.05, 0.1) is 20.7 Å². The van der Waals surface area contributed by atoms with Crippen LogP contribution in [-0.4, -0.2) is 27.2 Å². The Balaban J connectivity index is 1.93. The van der Waals surface area contributed by atoms with Crippen molar-refractivity contribution in [1.82, 2.24) is 4.98 Å². The predicted molar refractivity (Wildman–Crippen MR) is 73.6 cm³/mol. The van der Waals surface area contributed by atoms with Gasteiger partial charge in [-0.25, -0.2) is 4.98 Å². The van der Waals surface area contributed by atoms with E-state index in [9.17, 15) is 15.2 Å². The number of nitrogens with one attached hydrogen (secondary N) is 1. The maximum atomic E-state index is 11.2. The molecule has 0 saturated heterocycles. The number of fused-ring (bicyclic) bond motifs is 1. The second-order valence-corrected chi connectivity index (χ2v) is 5.74. The largest absolute Gasteiger partial charge is 0.388 e. The fourth-order valence-electron chi connectivity index (χ4n) is 2.27. The van der Waals surface area contributed by atoms with Gasteiger partial charge in [-0.1, -0.05) is 0 Å². The van der Waals surface area contributed by atoms with E-state index in [-0.39, 0.29) is 5.69 Å². The van der Waals surface area contributed by atoms with Crippen molar-refractivity contribution in [2.24, 2.45) is 0 Å². The number of hydrogen-bond acceptors (Lipinski definition) is 6. The number of thiazole rings is 1. The van der Waals surface area contributed by atoms with E-state index in [1.807, 2.05) is 6.07 Å². The van der Waals surface area contributed by atoms with E-state index >= 15 is 0 Å². The average molecular weight is 279 g/mol. The van der Waals surface area contributed by atoms with Crippen molar-refractivity contribution >= 4 is 32.9 Å². The van der Waals surface area contributed by atoms with Crippen molar-refractivity contribution in [1.29, 1.82) is 0 Å². The topological polar surface area (TPSA) is 88.3 Å². The highest BCUT2D eigenvalue weighted by atomic mass is 32.1. The molecule has 0 atom stereocenters. The molecule has 1 heterocycles. The molecule has 2 N–H and O–H groups in total. The lowest BCUT2D eigenvalue weighted by Crippen LogP contribution is -2.43. The molecule has 6 nitrogen and oxygen atoms in total. The second-order valence-electron chi connectivity index (χ2n) is 4.85. The Morgan fingerprint density at radius 2 is 2.32 bits per heavy atom. The van der Waals surface area contributed by atoms with Gasteiger partial charge in [-0.05, 0) is 31.4 Å². The number of anilines is 1.